The minimum absolute atomic E-state index is 0.00216. The van der Waals surface area contributed by atoms with E-state index in [1.807, 2.05) is 0 Å². The summed E-state index contributed by atoms with van der Waals surface area (Å²) in [5.74, 6) is -11.9. The number of rotatable bonds is 5. The van der Waals surface area contributed by atoms with Crippen molar-refractivity contribution < 1.29 is 17.8 Å². The summed E-state index contributed by atoms with van der Waals surface area (Å²) in [6.07, 6.45) is -17.8. The van der Waals surface area contributed by atoms with Crippen molar-refractivity contribution >= 4 is 11.2 Å². The zero-order valence-electron chi connectivity index (χ0n) is 27.5. The number of hydrogen-bond acceptors (Lipinski definition) is 3. The first-order valence-electron chi connectivity index (χ1n) is 15.3. The summed E-state index contributed by atoms with van der Waals surface area (Å²) in [4.78, 5) is 33.2. The van der Waals surface area contributed by atoms with E-state index in [4.69, 9.17) is 16.4 Å². The lowest BCUT2D eigenvalue weighted by Gasteiger charge is -2.30. The van der Waals surface area contributed by atoms with Crippen LogP contribution >= 0.6 is 0 Å². The Labute approximate surface area is 170 Å². The van der Waals surface area contributed by atoms with E-state index in [1.54, 1.807) is 13.8 Å². The van der Waals surface area contributed by atoms with Gasteiger partial charge in [-0.25, -0.2) is 9.78 Å². The average Bonchev–Trinajstić information content (AvgIpc) is 3.31. The first-order valence-corrected chi connectivity index (χ1v) is 8.80. The molecule has 0 aliphatic heterocycles. The Morgan fingerprint density at radius 1 is 1.15 bits per heavy atom. The summed E-state index contributed by atoms with van der Waals surface area (Å²) < 4.78 is 117. The van der Waals surface area contributed by atoms with E-state index >= 15 is 0 Å². The average molecular weight is 370 g/mol. The van der Waals surface area contributed by atoms with Gasteiger partial charge in [0.15, 0.2) is 5.65 Å². The molecule has 4 bridgehead atoms. The highest BCUT2D eigenvalue weighted by molar-refractivity contribution is 5.70. The Hall–Kier alpha value is -1.85. The summed E-state index contributed by atoms with van der Waals surface area (Å²) in [6.45, 7) is 3.47. The molecular weight excluding hydrogens is 328 g/mol. The minimum atomic E-state index is -3.78. The van der Waals surface area contributed by atoms with Gasteiger partial charge in [-0.05, 0) is 62.4 Å². The third kappa shape index (κ3) is 2.01. The number of nitrogens with zero attached hydrogens (tertiary/aromatic N) is 3. The van der Waals surface area contributed by atoms with Crippen molar-refractivity contribution in [1.29, 1.82) is 0 Å². The number of aromatic amines is 1. The van der Waals surface area contributed by atoms with Gasteiger partial charge in [0.2, 0.25) is 0 Å². The van der Waals surface area contributed by atoms with Crippen LogP contribution in [-0.4, -0.2) is 19.1 Å². The molecule has 6 rings (SSSR count). The number of imidazole rings is 1. The van der Waals surface area contributed by atoms with E-state index in [1.165, 1.54) is 0 Å². The van der Waals surface area contributed by atoms with E-state index in [0.29, 0.717) is 12.8 Å². The first-order chi connectivity index (χ1) is 17.6. The summed E-state index contributed by atoms with van der Waals surface area (Å²) in [5.41, 5.74) is -5.84. The molecule has 0 spiro atoms. The second kappa shape index (κ2) is 5.57. The van der Waals surface area contributed by atoms with Crippen molar-refractivity contribution in [3.63, 3.8) is 0 Å². The van der Waals surface area contributed by atoms with Crippen LogP contribution in [0.5, 0.6) is 0 Å². The minimum Gasteiger partial charge on any atom is -0.336 e. The molecule has 6 nitrogen and oxygen atoms in total. The zero-order chi connectivity index (χ0) is 29.8. The van der Waals surface area contributed by atoms with Crippen molar-refractivity contribution in [3.05, 3.63) is 26.7 Å². The molecule has 2 aromatic heterocycles. The zero-order valence-corrected chi connectivity index (χ0v) is 14.5. The lowest BCUT2D eigenvalue weighted by molar-refractivity contribution is 0.262. The third-order valence-electron chi connectivity index (χ3n) is 4.86. The van der Waals surface area contributed by atoms with Gasteiger partial charge in [0.25, 0.3) is 5.56 Å². The van der Waals surface area contributed by atoms with Crippen molar-refractivity contribution in [1.82, 2.24) is 19.1 Å². The maximum Gasteiger partial charge on any atom is 0.332 e. The van der Waals surface area contributed by atoms with Crippen LogP contribution in [0.25, 0.3) is 11.2 Å². The van der Waals surface area contributed by atoms with Gasteiger partial charge in [-0.15, -0.1) is 0 Å². The summed E-state index contributed by atoms with van der Waals surface area (Å²) in [5, 5.41) is 0. The first kappa shape index (κ1) is 7.64. The lowest BCUT2D eigenvalue weighted by atomic mass is 9.75. The second-order valence-electron chi connectivity index (χ2n) is 6.68. The molecule has 4 aliphatic rings. The van der Waals surface area contributed by atoms with E-state index in [2.05, 4.69) is 9.97 Å². The van der Waals surface area contributed by atoms with Gasteiger partial charge in [-0.3, -0.25) is 13.9 Å². The molecule has 26 heavy (non-hydrogen) atoms. The summed E-state index contributed by atoms with van der Waals surface area (Å²) in [6, 6.07) is 0. The Balaban J connectivity index is 2.04. The molecule has 1 N–H and O–H groups in total. The molecule has 6 heteroatoms. The monoisotopic (exact) mass is 369 g/mol. The van der Waals surface area contributed by atoms with Gasteiger partial charge in [0.1, 0.15) is 11.3 Å². The maximum absolute atomic E-state index is 13.3. The fourth-order valence-corrected chi connectivity index (χ4v) is 3.74. The molecule has 0 aromatic carbocycles. The van der Waals surface area contributed by atoms with Crippen molar-refractivity contribution in [2.75, 3.05) is 0 Å². The number of H-pyrrole nitrogens is 1. The quantitative estimate of drug-likeness (QED) is 0.881. The molecule has 4 fully saturated rings. The summed E-state index contributed by atoms with van der Waals surface area (Å²) in [7, 11) is 0. The molecular formula is C20H28N4O2. The Morgan fingerprint density at radius 3 is 2.46 bits per heavy atom. The van der Waals surface area contributed by atoms with Crippen LogP contribution in [0.3, 0.4) is 0 Å². The van der Waals surface area contributed by atoms with Gasteiger partial charge in [-0.2, -0.15) is 0 Å². The molecule has 140 valence electrons. The molecule has 0 saturated heterocycles. The van der Waals surface area contributed by atoms with Crippen LogP contribution in [0.1, 0.15) is 82.2 Å². The molecule has 2 atom stereocenters. The van der Waals surface area contributed by atoms with Crippen LogP contribution in [0, 0.1) is 17.7 Å². The lowest BCUT2D eigenvalue weighted by Crippen LogP contribution is -2.40. The van der Waals surface area contributed by atoms with Crippen LogP contribution in [0.15, 0.2) is 9.59 Å². The molecule has 4 saturated carbocycles. The van der Waals surface area contributed by atoms with Crippen molar-refractivity contribution in [2.24, 2.45) is 17.7 Å². The highest BCUT2D eigenvalue weighted by Gasteiger charge is 2.59. The standard InChI is InChI=1S/C20H28N4O2/c1-3-5-23-16-15(17(25)24(6-4-2)19(23)26)21-18(22-16)20-10-12-7-13(11-20)9-14(20)8-12/h12-14H,3-11H2,1-2H3,(H,21,22)/i7D2,8D2,9D2,10D2,11D2,12D,13D,14D. The van der Waals surface area contributed by atoms with Crippen LogP contribution < -0.4 is 11.2 Å². The predicted molar refractivity (Wildman–Crippen MR) is 100 cm³/mol. The highest BCUT2D eigenvalue weighted by atomic mass is 16.2. The highest BCUT2D eigenvalue weighted by Crippen LogP contribution is 2.65. The fraction of sp³-hybridized carbons (Fsp3) is 0.750. The van der Waals surface area contributed by atoms with E-state index < -0.39 is 77.6 Å². The molecule has 4 aliphatic carbocycles. The Bertz CT molecular complexity index is 1500. The van der Waals surface area contributed by atoms with Crippen LogP contribution in [0.4, 0.5) is 0 Å². The largest absolute Gasteiger partial charge is 0.336 e. The maximum atomic E-state index is 13.3. The van der Waals surface area contributed by atoms with Crippen molar-refractivity contribution in [2.45, 2.75) is 77.1 Å². The third-order valence-corrected chi connectivity index (χ3v) is 4.86. The van der Waals surface area contributed by atoms with E-state index in [-0.39, 0.29) is 18.7 Å². The predicted octanol–water partition coefficient (Wildman–Crippen LogP) is 2.78. The van der Waals surface area contributed by atoms with Gasteiger partial charge >= 0.3 is 5.69 Å². The number of fused-ring (bicyclic) bond motifs is 1. The number of nitrogens with one attached hydrogen (secondary N) is 1. The van der Waals surface area contributed by atoms with Gasteiger partial charge in [0, 0.05) is 36.3 Å². The van der Waals surface area contributed by atoms with Gasteiger partial charge in [0.05, 0.1) is 0 Å². The number of hydrogen-bond donors (Lipinski definition) is 1. The van der Waals surface area contributed by atoms with Crippen molar-refractivity contribution in [3.8, 4) is 0 Å². The molecule has 0 radical (unpaired) electrons. The topological polar surface area (TPSA) is 72.7 Å². The van der Waals surface area contributed by atoms with Gasteiger partial charge in [-0.1, -0.05) is 13.8 Å². The van der Waals surface area contributed by atoms with Crippen LogP contribution in [-0.2, 0) is 18.5 Å². The fourth-order valence-electron chi connectivity index (χ4n) is 3.74. The summed E-state index contributed by atoms with van der Waals surface area (Å²) >= 11 is 0. The van der Waals surface area contributed by atoms with E-state index in [9.17, 15) is 11.0 Å². The Morgan fingerprint density at radius 2 is 1.81 bits per heavy atom. The molecule has 2 heterocycles. The molecule has 0 amide bonds. The van der Waals surface area contributed by atoms with Gasteiger partial charge < -0.3 is 4.98 Å². The second-order valence-corrected chi connectivity index (χ2v) is 6.68. The Kier molecular flexibility index (Phi) is 1.64. The SMILES string of the molecule is [2H]C1([2H])C2([2H])C([2H])([2H])C3([2H])C([2H])([2H])C1([2H])C([2H])([2H])C3(c1nc3c([nH]1)c(=O)n(CCC)c(=O)n3CCC)C2([2H])[2H]. The number of aryl methyl sites for hydroxylation is 1. The smallest absolute Gasteiger partial charge is 0.332 e. The molecule has 2 unspecified atom stereocenters. The normalized spacial score (nSPS) is 57.7. The van der Waals surface area contributed by atoms with Crippen LogP contribution in [0.2, 0.25) is 0 Å². The number of aromatic nitrogens is 4. The van der Waals surface area contributed by atoms with E-state index in [0.717, 1.165) is 9.13 Å². The molecule has 2 aromatic rings.